The number of likely N-dealkylation sites (N-methyl/N-ethyl adjacent to an activating group) is 1. The maximum Gasteiger partial charge on any atom is 0.193 e. The van der Waals surface area contributed by atoms with E-state index < -0.39 is 5.54 Å². The molecule has 0 aromatic heterocycles. The van der Waals surface area contributed by atoms with Gasteiger partial charge in [-0.3, -0.25) is 9.79 Å². The van der Waals surface area contributed by atoms with Gasteiger partial charge in [-0.1, -0.05) is 27.7 Å². The third kappa shape index (κ3) is 3.30. The Morgan fingerprint density at radius 3 is 2.71 bits per heavy atom. The van der Waals surface area contributed by atoms with Gasteiger partial charge in [0.1, 0.15) is 12.4 Å². The third-order valence-corrected chi connectivity index (χ3v) is 6.01. The van der Waals surface area contributed by atoms with Gasteiger partial charge in [-0.25, -0.2) is 0 Å². The minimum absolute atomic E-state index is 0.00246. The van der Waals surface area contributed by atoms with Crippen molar-refractivity contribution in [1.82, 2.24) is 9.80 Å². The molecule has 0 aromatic rings. The number of hydrogen-bond acceptors (Lipinski definition) is 8. The number of ketones is 1. The highest BCUT2D eigenvalue weighted by atomic mass is 16.5. The van der Waals surface area contributed by atoms with Gasteiger partial charge in [0.25, 0.3) is 0 Å². The first kappa shape index (κ1) is 21.1. The molecule has 0 amide bonds. The van der Waals surface area contributed by atoms with Crippen LogP contribution in [0.1, 0.15) is 27.7 Å². The van der Waals surface area contributed by atoms with Gasteiger partial charge >= 0.3 is 0 Å². The van der Waals surface area contributed by atoms with E-state index >= 15 is 0 Å². The van der Waals surface area contributed by atoms with E-state index in [0.29, 0.717) is 12.4 Å². The number of carbonyl (C=O) groups excluding carboxylic acids is 1. The highest BCUT2D eigenvalue weighted by Gasteiger charge is 2.58. The van der Waals surface area contributed by atoms with Crippen LogP contribution in [0.2, 0.25) is 0 Å². The molecule has 8 nitrogen and oxygen atoms in total. The number of amidine groups is 1. The Balaban J connectivity index is 1.99. The van der Waals surface area contributed by atoms with Crippen molar-refractivity contribution in [1.29, 1.82) is 0 Å². The predicted molar refractivity (Wildman–Crippen MR) is 120 cm³/mol. The zero-order valence-corrected chi connectivity index (χ0v) is 19.0. The van der Waals surface area contributed by atoms with E-state index in [4.69, 9.17) is 20.6 Å². The number of nitrogens with zero attached hydrogens (tertiary/aromatic N) is 5. The van der Waals surface area contributed by atoms with Gasteiger partial charge in [-0.2, -0.15) is 5.11 Å². The van der Waals surface area contributed by atoms with E-state index in [0.717, 1.165) is 28.1 Å². The van der Waals surface area contributed by atoms with Crippen molar-refractivity contribution in [2.24, 2.45) is 32.3 Å². The first-order valence-electron chi connectivity index (χ1n) is 10.5. The van der Waals surface area contributed by atoms with Crippen molar-refractivity contribution < 1.29 is 9.53 Å². The quantitative estimate of drug-likeness (QED) is 0.647. The minimum Gasteiger partial charge on any atom is -0.492 e. The summed E-state index contributed by atoms with van der Waals surface area (Å²) in [6.45, 7) is 8.76. The van der Waals surface area contributed by atoms with Crippen molar-refractivity contribution in [2.75, 3.05) is 27.2 Å². The summed E-state index contributed by atoms with van der Waals surface area (Å²) < 4.78 is 5.43. The smallest absolute Gasteiger partial charge is 0.193 e. The number of hydrogen-bond donors (Lipinski definition) is 1. The average molecular weight is 423 g/mol. The molecular weight excluding hydrogens is 392 g/mol. The van der Waals surface area contributed by atoms with Crippen LogP contribution in [-0.2, 0) is 9.53 Å². The molecule has 0 fully saturated rings. The summed E-state index contributed by atoms with van der Waals surface area (Å²) in [7, 11) is 3.87. The number of carbonyl (C=O) groups is 1. The molecule has 2 bridgehead atoms. The van der Waals surface area contributed by atoms with Gasteiger partial charge in [0, 0.05) is 49.8 Å². The average Bonchev–Trinajstić information content (AvgIpc) is 3.18. The molecule has 8 heteroatoms. The summed E-state index contributed by atoms with van der Waals surface area (Å²) in [4.78, 5) is 21.3. The summed E-state index contributed by atoms with van der Waals surface area (Å²) in [5, 5.41) is 9.04. The van der Waals surface area contributed by atoms with Crippen LogP contribution in [0.5, 0.6) is 0 Å². The van der Waals surface area contributed by atoms with Crippen molar-refractivity contribution in [3.8, 4) is 0 Å². The van der Waals surface area contributed by atoms with Crippen LogP contribution in [-0.4, -0.2) is 54.2 Å². The van der Waals surface area contributed by atoms with Gasteiger partial charge in [0.15, 0.2) is 17.1 Å². The van der Waals surface area contributed by atoms with E-state index in [1.54, 1.807) is 6.20 Å². The van der Waals surface area contributed by atoms with E-state index in [-0.39, 0.29) is 23.7 Å². The summed E-state index contributed by atoms with van der Waals surface area (Å²) in [5.74, 6) is 0.826. The Morgan fingerprint density at radius 1 is 1.26 bits per heavy atom. The van der Waals surface area contributed by atoms with Gasteiger partial charge in [0.2, 0.25) is 0 Å². The fourth-order valence-electron chi connectivity index (χ4n) is 4.35. The largest absolute Gasteiger partial charge is 0.492 e. The van der Waals surface area contributed by atoms with Crippen molar-refractivity contribution in [3.05, 3.63) is 59.1 Å². The maximum atomic E-state index is 12.5. The summed E-state index contributed by atoms with van der Waals surface area (Å²) in [6, 6.07) is 0. The van der Waals surface area contributed by atoms with Gasteiger partial charge in [-0.15, -0.1) is 5.11 Å². The SMILES string of the molecule is CC1CN=C2N(C)C=C(C(C)(C)C)C3=C/C(=C/N(C)/C=C\OCC1=O)C1=C(N)N=NC321. The summed E-state index contributed by atoms with van der Waals surface area (Å²) >= 11 is 0. The van der Waals surface area contributed by atoms with Crippen LogP contribution >= 0.6 is 0 Å². The Kier molecular flexibility index (Phi) is 4.91. The molecular formula is C23H30N6O2. The zero-order chi connectivity index (χ0) is 22.6. The molecule has 3 heterocycles. The van der Waals surface area contributed by atoms with Crippen LogP contribution in [0.3, 0.4) is 0 Å². The van der Waals surface area contributed by atoms with Crippen LogP contribution in [0.15, 0.2) is 74.3 Å². The molecule has 4 aliphatic rings. The molecule has 3 aliphatic heterocycles. The lowest BCUT2D eigenvalue weighted by Crippen LogP contribution is -2.50. The van der Waals surface area contributed by atoms with E-state index in [1.807, 2.05) is 37.0 Å². The first-order valence-corrected chi connectivity index (χ1v) is 10.5. The Morgan fingerprint density at radius 2 is 2.00 bits per heavy atom. The number of ether oxygens (including phenoxy) is 1. The molecule has 1 aliphatic carbocycles. The topological polar surface area (TPSA) is 95.9 Å². The van der Waals surface area contributed by atoms with E-state index in [1.165, 1.54) is 6.26 Å². The second-order valence-corrected chi connectivity index (χ2v) is 9.51. The lowest BCUT2D eigenvalue weighted by molar-refractivity contribution is -0.125. The number of nitrogens with two attached hydrogens (primary N) is 1. The Hall–Kier alpha value is -3.16. The molecule has 2 N–H and O–H groups in total. The maximum absolute atomic E-state index is 12.5. The molecule has 4 rings (SSSR count). The van der Waals surface area contributed by atoms with Crippen molar-refractivity contribution in [3.63, 3.8) is 0 Å². The Labute approximate surface area is 183 Å². The lowest BCUT2D eigenvalue weighted by Gasteiger charge is -2.41. The fraction of sp³-hybridized carbons (Fsp3) is 0.478. The standard InChI is InChI=1S/C23H30N6O2/c1-14-10-25-21-23-16(17(12-29(21)6)22(2,3)4)9-15(19(23)20(24)26-27-23)11-28(5)7-8-31-13-18(14)30/h7-9,11-12,14H,10,13,24H2,1-6H3/b8-7-,15-11-,25-21?. The lowest BCUT2D eigenvalue weighted by atomic mass is 9.72. The first-order chi connectivity index (χ1) is 14.6. The van der Waals surface area contributed by atoms with E-state index in [9.17, 15) is 4.79 Å². The highest BCUT2D eigenvalue weighted by molar-refractivity contribution is 6.05. The molecule has 0 radical (unpaired) electrons. The number of rotatable bonds is 0. The second-order valence-electron chi connectivity index (χ2n) is 9.51. The highest BCUT2D eigenvalue weighted by Crippen LogP contribution is 2.55. The molecule has 1 spiro atoms. The van der Waals surface area contributed by atoms with Gasteiger partial charge < -0.3 is 20.3 Å². The van der Waals surface area contributed by atoms with Crippen LogP contribution in [0.4, 0.5) is 0 Å². The van der Waals surface area contributed by atoms with Gasteiger partial charge in [-0.05, 0) is 22.6 Å². The van der Waals surface area contributed by atoms with E-state index in [2.05, 4.69) is 38.2 Å². The normalized spacial score (nSPS) is 31.3. The third-order valence-electron chi connectivity index (χ3n) is 6.01. The number of Topliss-reactive ketones (excluding diaryl/α,β-unsaturated/α-hetero) is 1. The predicted octanol–water partition coefficient (Wildman–Crippen LogP) is 3.10. The van der Waals surface area contributed by atoms with Crippen molar-refractivity contribution >= 4 is 11.6 Å². The number of azo groups is 1. The van der Waals surface area contributed by atoms with Crippen molar-refractivity contribution in [2.45, 2.75) is 33.2 Å². The minimum atomic E-state index is -0.893. The van der Waals surface area contributed by atoms with Crippen LogP contribution < -0.4 is 5.73 Å². The molecule has 31 heavy (non-hydrogen) atoms. The molecule has 0 saturated heterocycles. The molecule has 0 saturated carbocycles. The zero-order valence-electron chi connectivity index (χ0n) is 19.0. The monoisotopic (exact) mass is 422 g/mol. The molecule has 0 aromatic carbocycles. The number of aliphatic imine (C=N–C) groups is 1. The van der Waals surface area contributed by atoms with Gasteiger partial charge in [0.05, 0.1) is 12.8 Å². The summed E-state index contributed by atoms with van der Waals surface area (Å²) in [6.07, 6.45) is 9.52. The van der Waals surface area contributed by atoms with Crippen LogP contribution in [0, 0.1) is 11.3 Å². The number of allylic oxidation sites excluding steroid dienone is 1. The second kappa shape index (κ2) is 7.21. The molecule has 164 valence electrons. The molecule has 2 unspecified atom stereocenters. The van der Waals surface area contributed by atoms with Crippen LogP contribution in [0.25, 0.3) is 0 Å². The Bertz CT molecular complexity index is 1040. The molecule has 2 atom stereocenters. The fourth-order valence-corrected chi connectivity index (χ4v) is 4.35. The summed E-state index contributed by atoms with van der Waals surface area (Å²) in [5.41, 5.74) is 9.31.